The lowest BCUT2D eigenvalue weighted by molar-refractivity contribution is -0.384. The second-order valence-electron chi connectivity index (χ2n) is 4.67. The summed E-state index contributed by atoms with van der Waals surface area (Å²) in [6.45, 7) is 1.70. The van der Waals surface area contributed by atoms with Crippen LogP contribution >= 0.6 is 35.0 Å². The number of nitrogens with zero attached hydrogens (tertiary/aromatic N) is 1. The number of non-ortho nitro benzene ring substituents is 1. The summed E-state index contributed by atoms with van der Waals surface area (Å²) in [5.41, 5.74) is 1.15. The molecule has 0 unspecified atom stereocenters. The van der Waals surface area contributed by atoms with Gasteiger partial charge in [-0.15, -0.1) is 11.8 Å². The first kappa shape index (κ1) is 17.6. The number of benzene rings is 2. The molecule has 0 fully saturated rings. The van der Waals surface area contributed by atoms with Crippen molar-refractivity contribution in [2.24, 2.45) is 0 Å². The summed E-state index contributed by atoms with van der Waals surface area (Å²) < 4.78 is 0. The van der Waals surface area contributed by atoms with Crippen LogP contribution in [0.5, 0.6) is 0 Å². The third-order valence-electron chi connectivity index (χ3n) is 2.95. The van der Waals surface area contributed by atoms with Crippen LogP contribution in [0.1, 0.15) is 5.56 Å². The van der Waals surface area contributed by atoms with Crippen LogP contribution in [0, 0.1) is 17.0 Å². The largest absolute Gasteiger partial charge is 0.325 e. The van der Waals surface area contributed by atoms with Gasteiger partial charge < -0.3 is 5.32 Å². The van der Waals surface area contributed by atoms with E-state index >= 15 is 0 Å². The van der Waals surface area contributed by atoms with Crippen molar-refractivity contribution >= 4 is 52.2 Å². The second kappa shape index (κ2) is 7.68. The minimum atomic E-state index is -0.477. The molecule has 2 rings (SSSR count). The zero-order valence-corrected chi connectivity index (χ0v) is 14.3. The second-order valence-corrected chi connectivity index (χ2v) is 6.53. The van der Waals surface area contributed by atoms with E-state index in [0.717, 1.165) is 4.90 Å². The molecule has 2 aromatic rings. The molecule has 2 aromatic carbocycles. The van der Waals surface area contributed by atoms with Gasteiger partial charge in [-0.3, -0.25) is 14.9 Å². The van der Waals surface area contributed by atoms with Crippen molar-refractivity contribution in [1.29, 1.82) is 0 Å². The Morgan fingerprint density at radius 3 is 2.65 bits per heavy atom. The highest BCUT2D eigenvalue weighted by Crippen LogP contribution is 2.30. The van der Waals surface area contributed by atoms with Crippen LogP contribution in [-0.2, 0) is 4.79 Å². The van der Waals surface area contributed by atoms with Crippen LogP contribution < -0.4 is 5.32 Å². The maximum absolute atomic E-state index is 12.0. The fraction of sp³-hybridized carbons (Fsp3) is 0.133. The topological polar surface area (TPSA) is 72.2 Å². The highest BCUT2D eigenvalue weighted by molar-refractivity contribution is 8.00. The Morgan fingerprint density at radius 2 is 2.00 bits per heavy atom. The molecule has 23 heavy (non-hydrogen) atoms. The van der Waals surface area contributed by atoms with Gasteiger partial charge in [-0.25, -0.2) is 0 Å². The quantitative estimate of drug-likeness (QED) is 0.459. The van der Waals surface area contributed by atoms with Gasteiger partial charge in [-0.1, -0.05) is 23.2 Å². The van der Waals surface area contributed by atoms with E-state index in [1.54, 1.807) is 25.1 Å². The van der Waals surface area contributed by atoms with Crippen molar-refractivity contribution in [2.75, 3.05) is 11.1 Å². The number of hydrogen-bond donors (Lipinski definition) is 1. The first-order chi connectivity index (χ1) is 10.9. The van der Waals surface area contributed by atoms with Crippen LogP contribution in [0.4, 0.5) is 11.4 Å². The van der Waals surface area contributed by atoms with Gasteiger partial charge in [0, 0.05) is 27.7 Å². The van der Waals surface area contributed by atoms with E-state index in [2.05, 4.69) is 5.32 Å². The Labute approximate surface area is 147 Å². The third kappa shape index (κ3) is 4.86. The average molecular weight is 371 g/mol. The van der Waals surface area contributed by atoms with E-state index in [1.165, 1.54) is 30.0 Å². The van der Waals surface area contributed by atoms with Gasteiger partial charge in [0.1, 0.15) is 0 Å². The molecule has 0 heterocycles. The highest BCUT2D eigenvalue weighted by Gasteiger charge is 2.11. The molecular weight excluding hydrogens is 359 g/mol. The molecule has 120 valence electrons. The number of carbonyl (C=O) groups excluding carboxylic acids is 1. The molecule has 0 spiro atoms. The van der Waals surface area contributed by atoms with Gasteiger partial charge in [-0.2, -0.15) is 0 Å². The lowest BCUT2D eigenvalue weighted by Gasteiger charge is -2.09. The number of halogens is 2. The molecule has 0 saturated heterocycles. The molecular formula is C15H12Cl2N2O3S. The predicted octanol–water partition coefficient (Wildman–Crippen LogP) is 4.94. The standard InChI is InChI=1S/C15H12Cl2N2O3S/c1-9-6-11(19(21)22)3-5-13(9)18-15(20)8-23-14-7-10(16)2-4-12(14)17/h2-7H,8H2,1H3,(H,18,20). The smallest absolute Gasteiger partial charge is 0.269 e. The number of nitrogens with one attached hydrogen (secondary N) is 1. The molecule has 1 amide bonds. The van der Waals surface area contributed by atoms with Crippen LogP contribution in [0.15, 0.2) is 41.3 Å². The Hall–Kier alpha value is -1.76. The molecule has 0 bridgehead atoms. The number of nitro benzene ring substituents is 1. The maximum Gasteiger partial charge on any atom is 0.269 e. The Balaban J connectivity index is 2.00. The monoisotopic (exact) mass is 370 g/mol. The van der Waals surface area contributed by atoms with Gasteiger partial charge in [0.2, 0.25) is 5.91 Å². The van der Waals surface area contributed by atoms with Gasteiger partial charge in [0.05, 0.1) is 15.7 Å². The van der Waals surface area contributed by atoms with E-state index in [9.17, 15) is 14.9 Å². The summed E-state index contributed by atoms with van der Waals surface area (Å²) in [6.07, 6.45) is 0. The minimum Gasteiger partial charge on any atom is -0.325 e. The summed E-state index contributed by atoms with van der Waals surface area (Å²) in [6, 6.07) is 9.32. The van der Waals surface area contributed by atoms with Crippen molar-refractivity contribution in [3.8, 4) is 0 Å². The zero-order valence-electron chi connectivity index (χ0n) is 12.0. The number of nitro groups is 1. The molecule has 0 aliphatic rings. The summed E-state index contributed by atoms with van der Waals surface area (Å²) in [7, 11) is 0. The van der Waals surface area contributed by atoms with Crippen molar-refractivity contribution in [2.45, 2.75) is 11.8 Å². The fourth-order valence-corrected chi connectivity index (χ4v) is 3.11. The van der Waals surface area contributed by atoms with E-state index in [1.807, 2.05) is 0 Å². The molecule has 0 aliphatic heterocycles. The molecule has 8 heteroatoms. The van der Waals surface area contributed by atoms with Gasteiger partial charge >= 0.3 is 0 Å². The molecule has 0 radical (unpaired) electrons. The predicted molar refractivity (Wildman–Crippen MR) is 93.6 cm³/mol. The number of carbonyl (C=O) groups is 1. The third-order valence-corrected chi connectivity index (χ3v) is 4.68. The van der Waals surface area contributed by atoms with Gasteiger partial charge in [-0.05, 0) is 36.8 Å². The fourth-order valence-electron chi connectivity index (χ4n) is 1.82. The van der Waals surface area contributed by atoms with Crippen molar-refractivity contribution in [3.63, 3.8) is 0 Å². The van der Waals surface area contributed by atoms with Crippen LogP contribution in [0.3, 0.4) is 0 Å². The lowest BCUT2D eigenvalue weighted by atomic mass is 10.2. The van der Waals surface area contributed by atoms with Crippen molar-refractivity contribution < 1.29 is 9.72 Å². The average Bonchev–Trinajstić information content (AvgIpc) is 2.50. The summed E-state index contributed by atoms with van der Waals surface area (Å²) in [5.74, 6) is -0.0840. The molecule has 0 aliphatic carbocycles. The molecule has 0 saturated carbocycles. The SMILES string of the molecule is Cc1cc([N+](=O)[O-])ccc1NC(=O)CSc1cc(Cl)ccc1Cl. The van der Waals surface area contributed by atoms with Crippen molar-refractivity contribution in [1.82, 2.24) is 0 Å². The maximum atomic E-state index is 12.0. The van der Waals surface area contributed by atoms with Crippen LogP contribution in [0.2, 0.25) is 10.0 Å². The minimum absolute atomic E-state index is 0.0133. The first-order valence-corrected chi connectivity index (χ1v) is 8.23. The van der Waals surface area contributed by atoms with Gasteiger partial charge in [0.15, 0.2) is 0 Å². The lowest BCUT2D eigenvalue weighted by Crippen LogP contribution is -2.14. The van der Waals surface area contributed by atoms with E-state index in [4.69, 9.17) is 23.2 Å². The number of aryl methyl sites for hydroxylation is 1. The molecule has 0 aromatic heterocycles. The van der Waals surface area contributed by atoms with Crippen LogP contribution in [0.25, 0.3) is 0 Å². The number of amides is 1. The molecule has 0 atom stereocenters. The van der Waals surface area contributed by atoms with Crippen LogP contribution in [-0.4, -0.2) is 16.6 Å². The van der Waals surface area contributed by atoms with Gasteiger partial charge in [0.25, 0.3) is 5.69 Å². The molecule has 5 nitrogen and oxygen atoms in total. The number of thioether (sulfide) groups is 1. The Kier molecular flexibility index (Phi) is 5.87. The van der Waals surface area contributed by atoms with E-state index in [0.29, 0.717) is 21.3 Å². The Morgan fingerprint density at radius 1 is 1.26 bits per heavy atom. The summed E-state index contributed by atoms with van der Waals surface area (Å²) >= 11 is 13.2. The number of rotatable bonds is 5. The summed E-state index contributed by atoms with van der Waals surface area (Å²) in [5, 5.41) is 14.5. The normalized spacial score (nSPS) is 10.4. The Bertz CT molecular complexity index is 768. The number of anilines is 1. The molecule has 1 N–H and O–H groups in total. The highest BCUT2D eigenvalue weighted by atomic mass is 35.5. The van der Waals surface area contributed by atoms with E-state index in [-0.39, 0.29) is 17.3 Å². The van der Waals surface area contributed by atoms with Crippen molar-refractivity contribution in [3.05, 3.63) is 62.1 Å². The van der Waals surface area contributed by atoms with E-state index < -0.39 is 4.92 Å². The zero-order chi connectivity index (χ0) is 17.0. The number of hydrogen-bond acceptors (Lipinski definition) is 4. The first-order valence-electron chi connectivity index (χ1n) is 6.49. The summed E-state index contributed by atoms with van der Waals surface area (Å²) in [4.78, 5) is 22.9.